The van der Waals surface area contributed by atoms with E-state index in [1.165, 1.54) is 0 Å². The number of hydrogen-bond acceptors (Lipinski definition) is 4. The van der Waals surface area contributed by atoms with E-state index in [0.717, 1.165) is 30.9 Å². The largest absolute Gasteiger partial charge is 0.444 e. The molecule has 0 unspecified atom stereocenters. The first-order valence-electron chi connectivity index (χ1n) is 7.77. The molecule has 0 atom stereocenters. The van der Waals surface area contributed by atoms with Crippen LogP contribution in [0.1, 0.15) is 47.5 Å². The minimum absolute atomic E-state index is 0.112. The highest BCUT2D eigenvalue weighted by Gasteiger charge is 2.24. The summed E-state index contributed by atoms with van der Waals surface area (Å²) in [6.07, 6.45) is 1.66. The monoisotopic (exact) mass is 318 g/mol. The number of ether oxygens (including phenoxy) is 1. The average molecular weight is 318 g/mol. The molecule has 21 heavy (non-hydrogen) atoms. The predicted octanol–water partition coefficient (Wildman–Crippen LogP) is 2.13. The first-order valence-corrected chi connectivity index (χ1v) is 9.26. The average Bonchev–Trinajstić information content (AvgIpc) is 2.34. The Balaban J connectivity index is 2.37. The van der Waals surface area contributed by atoms with Gasteiger partial charge < -0.3 is 15.0 Å². The highest BCUT2D eigenvalue weighted by atomic mass is 32.2. The Morgan fingerprint density at radius 1 is 1.33 bits per heavy atom. The van der Waals surface area contributed by atoms with Crippen LogP contribution in [0.4, 0.5) is 4.79 Å². The Morgan fingerprint density at radius 2 is 1.90 bits per heavy atom. The van der Waals surface area contributed by atoms with Crippen LogP contribution < -0.4 is 5.32 Å². The van der Waals surface area contributed by atoms with Crippen LogP contribution >= 0.6 is 0 Å². The Kier molecular flexibility index (Phi) is 7.13. The molecule has 0 aromatic heterocycles. The van der Waals surface area contributed by atoms with Gasteiger partial charge in [-0.05, 0) is 47.5 Å². The van der Waals surface area contributed by atoms with Crippen molar-refractivity contribution >= 4 is 16.9 Å². The number of nitrogens with zero attached hydrogens (tertiary/aromatic N) is 1. The molecule has 1 amide bonds. The maximum atomic E-state index is 12.2. The maximum Gasteiger partial charge on any atom is 0.410 e. The van der Waals surface area contributed by atoms with E-state index < -0.39 is 16.4 Å². The molecule has 5 nitrogen and oxygen atoms in total. The summed E-state index contributed by atoms with van der Waals surface area (Å²) in [5.74, 6) is 1.58. The molecule has 0 aromatic carbocycles. The third-order valence-corrected chi connectivity index (χ3v) is 4.81. The van der Waals surface area contributed by atoms with Gasteiger partial charge in [0, 0.05) is 47.5 Å². The highest BCUT2D eigenvalue weighted by Crippen LogP contribution is 2.12. The molecule has 0 aliphatic carbocycles. The third-order valence-electron chi connectivity index (χ3n) is 3.43. The molecule has 1 aliphatic rings. The molecule has 1 fully saturated rings. The number of amides is 1. The molecule has 6 heteroatoms. The second-order valence-corrected chi connectivity index (χ2v) is 8.54. The van der Waals surface area contributed by atoms with Gasteiger partial charge in [0.1, 0.15) is 5.60 Å². The van der Waals surface area contributed by atoms with Crippen molar-refractivity contribution in [3.05, 3.63) is 0 Å². The molecule has 1 N–H and O–H groups in total. The summed E-state index contributed by atoms with van der Waals surface area (Å²) in [6.45, 7) is 11.0. The Hall–Kier alpha value is -0.620. The van der Waals surface area contributed by atoms with Gasteiger partial charge in [-0.3, -0.25) is 4.21 Å². The van der Waals surface area contributed by atoms with Crippen molar-refractivity contribution < 1.29 is 13.7 Å². The van der Waals surface area contributed by atoms with Crippen LogP contribution in [-0.2, 0) is 15.5 Å². The summed E-state index contributed by atoms with van der Waals surface area (Å²) in [7, 11) is -0.626. The van der Waals surface area contributed by atoms with Crippen molar-refractivity contribution in [1.29, 1.82) is 0 Å². The molecule has 1 heterocycles. The minimum Gasteiger partial charge on any atom is -0.444 e. The molecule has 0 aromatic rings. The molecule has 124 valence electrons. The minimum atomic E-state index is -0.626. The predicted molar refractivity (Wildman–Crippen MR) is 87.0 cm³/mol. The van der Waals surface area contributed by atoms with Gasteiger partial charge in [0.25, 0.3) is 0 Å². The first-order chi connectivity index (χ1) is 9.69. The van der Waals surface area contributed by atoms with Gasteiger partial charge >= 0.3 is 6.09 Å². The van der Waals surface area contributed by atoms with E-state index in [1.807, 2.05) is 34.6 Å². The summed E-state index contributed by atoms with van der Waals surface area (Å²) >= 11 is 0. The van der Waals surface area contributed by atoms with Gasteiger partial charge in [-0.25, -0.2) is 4.79 Å². The Morgan fingerprint density at radius 3 is 2.38 bits per heavy atom. The molecule has 0 radical (unpaired) electrons. The quantitative estimate of drug-likeness (QED) is 0.844. The van der Waals surface area contributed by atoms with Gasteiger partial charge in [-0.15, -0.1) is 0 Å². The van der Waals surface area contributed by atoms with Crippen molar-refractivity contribution in [2.45, 2.75) is 65.1 Å². The summed E-state index contributed by atoms with van der Waals surface area (Å²) in [6, 6.07) is 0.538. The number of carbonyl (C=O) groups excluding carboxylic acids is 1. The van der Waals surface area contributed by atoms with Gasteiger partial charge in [-0.1, -0.05) is 0 Å². The zero-order chi connectivity index (χ0) is 16.0. The Labute approximate surface area is 131 Å². The van der Waals surface area contributed by atoms with Crippen LogP contribution in [0.15, 0.2) is 0 Å². The fraction of sp³-hybridized carbons (Fsp3) is 0.933. The topological polar surface area (TPSA) is 58.6 Å². The molecule has 0 spiro atoms. The van der Waals surface area contributed by atoms with E-state index in [4.69, 9.17) is 4.74 Å². The molecule has 1 saturated heterocycles. The molecule has 0 saturated carbocycles. The lowest BCUT2D eigenvalue weighted by molar-refractivity contribution is 0.0192. The normalized spacial score (nSPS) is 23.1. The van der Waals surface area contributed by atoms with Gasteiger partial charge in [0.2, 0.25) is 0 Å². The van der Waals surface area contributed by atoms with E-state index in [1.54, 1.807) is 4.90 Å². The van der Waals surface area contributed by atoms with E-state index in [9.17, 15) is 9.00 Å². The van der Waals surface area contributed by atoms with Gasteiger partial charge in [0.05, 0.1) is 0 Å². The number of hydrogen-bond donors (Lipinski definition) is 1. The van der Waals surface area contributed by atoms with Crippen molar-refractivity contribution in [2.24, 2.45) is 0 Å². The lowest BCUT2D eigenvalue weighted by Gasteiger charge is -2.31. The van der Waals surface area contributed by atoms with Crippen LogP contribution in [0.25, 0.3) is 0 Å². The SMILES string of the molecule is CC(C)N(CCNC1CCS(=O)CC1)C(=O)OC(C)(C)C. The molecule has 1 aliphatic heterocycles. The van der Waals surface area contributed by atoms with Crippen LogP contribution in [0.3, 0.4) is 0 Å². The number of nitrogens with one attached hydrogen (secondary N) is 1. The van der Waals surface area contributed by atoms with E-state index in [-0.39, 0.29) is 12.1 Å². The second-order valence-electron chi connectivity index (χ2n) is 6.84. The molecular formula is C15H30N2O3S. The van der Waals surface area contributed by atoms with Crippen LogP contribution in [0, 0.1) is 0 Å². The summed E-state index contributed by atoms with van der Waals surface area (Å²) < 4.78 is 16.8. The second kappa shape index (κ2) is 8.13. The fourth-order valence-corrected chi connectivity index (χ4v) is 3.57. The van der Waals surface area contributed by atoms with Crippen LogP contribution in [-0.4, -0.2) is 57.5 Å². The number of carbonyl (C=O) groups is 1. The van der Waals surface area contributed by atoms with E-state index >= 15 is 0 Å². The third kappa shape index (κ3) is 7.27. The van der Waals surface area contributed by atoms with Crippen molar-refractivity contribution in [3.8, 4) is 0 Å². The van der Waals surface area contributed by atoms with Crippen molar-refractivity contribution in [2.75, 3.05) is 24.6 Å². The van der Waals surface area contributed by atoms with Crippen molar-refractivity contribution in [3.63, 3.8) is 0 Å². The van der Waals surface area contributed by atoms with Gasteiger partial charge in [-0.2, -0.15) is 0 Å². The fourth-order valence-electron chi connectivity index (χ4n) is 2.27. The Bertz CT molecular complexity index is 356. The highest BCUT2D eigenvalue weighted by molar-refractivity contribution is 7.85. The summed E-state index contributed by atoms with van der Waals surface area (Å²) in [5, 5.41) is 3.46. The lowest BCUT2D eigenvalue weighted by atomic mass is 10.1. The van der Waals surface area contributed by atoms with Crippen LogP contribution in [0.2, 0.25) is 0 Å². The van der Waals surface area contributed by atoms with E-state index in [0.29, 0.717) is 12.6 Å². The standard InChI is InChI=1S/C15H30N2O3S/c1-12(2)17(14(18)20-15(3,4)5)9-8-16-13-6-10-21(19)11-7-13/h12-13,16H,6-11H2,1-5H3. The maximum absolute atomic E-state index is 12.2. The summed E-state index contributed by atoms with van der Waals surface area (Å²) in [5.41, 5.74) is -0.467. The zero-order valence-corrected chi connectivity index (χ0v) is 14.8. The zero-order valence-electron chi connectivity index (χ0n) is 14.0. The van der Waals surface area contributed by atoms with Crippen LogP contribution in [0.5, 0.6) is 0 Å². The molecule has 1 rings (SSSR count). The van der Waals surface area contributed by atoms with E-state index in [2.05, 4.69) is 5.32 Å². The number of rotatable bonds is 5. The van der Waals surface area contributed by atoms with Gasteiger partial charge in [0.15, 0.2) is 0 Å². The molecule has 0 bridgehead atoms. The molecular weight excluding hydrogens is 288 g/mol. The summed E-state index contributed by atoms with van der Waals surface area (Å²) in [4.78, 5) is 13.9. The lowest BCUT2D eigenvalue weighted by Crippen LogP contribution is -2.46. The van der Waals surface area contributed by atoms with Crippen molar-refractivity contribution in [1.82, 2.24) is 10.2 Å². The smallest absolute Gasteiger partial charge is 0.410 e. The first kappa shape index (κ1) is 18.4.